The number of nitrogens with zero attached hydrogens (tertiary/aromatic N) is 2. The molecule has 1 saturated heterocycles. The van der Waals surface area contributed by atoms with Crippen LogP contribution in [0, 0.1) is 0 Å². The minimum absolute atomic E-state index is 0.238. The van der Waals surface area contributed by atoms with Crippen LogP contribution in [0.15, 0.2) is 36.5 Å². The molecule has 1 amide bonds. The van der Waals surface area contributed by atoms with E-state index in [1.807, 2.05) is 0 Å². The molecule has 162 valence electrons. The van der Waals surface area contributed by atoms with E-state index < -0.39 is 19.0 Å². The Labute approximate surface area is 180 Å². The van der Waals surface area contributed by atoms with E-state index in [1.165, 1.54) is 6.20 Å². The predicted octanol–water partition coefficient (Wildman–Crippen LogP) is 0.848. The zero-order valence-corrected chi connectivity index (χ0v) is 17.2. The smallest absolute Gasteiger partial charge is 0.534 e. The Balaban J connectivity index is 1.43. The molecule has 3 heterocycles. The van der Waals surface area contributed by atoms with Gasteiger partial charge in [-0.1, -0.05) is 12.1 Å². The van der Waals surface area contributed by atoms with E-state index >= 15 is 0 Å². The molecule has 0 unspecified atom stereocenters. The third-order valence-corrected chi connectivity index (χ3v) is 5.28. The van der Waals surface area contributed by atoms with E-state index in [4.69, 9.17) is 14.1 Å². The molecule has 2 aromatic rings. The van der Waals surface area contributed by atoms with Gasteiger partial charge in [-0.2, -0.15) is 0 Å². The van der Waals surface area contributed by atoms with Crippen LogP contribution in [0.1, 0.15) is 33.2 Å². The van der Waals surface area contributed by atoms with Gasteiger partial charge in [0.05, 0.1) is 31.3 Å². The lowest BCUT2D eigenvalue weighted by Crippen LogP contribution is -2.53. The lowest BCUT2D eigenvalue weighted by Gasteiger charge is -2.29. The monoisotopic (exact) mass is 425 g/mol. The van der Waals surface area contributed by atoms with Gasteiger partial charge in [0.2, 0.25) is 0 Å². The number of carbonyl (C=O) groups excluding carboxylic acids is 2. The zero-order chi connectivity index (χ0) is 21.8. The first kappa shape index (κ1) is 21.1. The van der Waals surface area contributed by atoms with Crippen LogP contribution in [-0.2, 0) is 15.9 Å². The Hall–Kier alpha value is -3.11. The second-order valence-corrected chi connectivity index (χ2v) is 7.31. The second-order valence-electron chi connectivity index (χ2n) is 7.31. The highest BCUT2D eigenvalue weighted by Crippen LogP contribution is 2.30. The highest BCUT2D eigenvalue weighted by atomic mass is 16.5. The Bertz CT molecular complexity index is 949. The van der Waals surface area contributed by atoms with Crippen molar-refractivity contribution in [3.63, 3.8) is 0 Å². The molecule has 1 atom stereocenters. The Kier molecular flexibility index (Phi) is 6.38. The molecule has 0 spiro atoms. The van der Waals surface area contributed by atoms with E-state index in [0.717, 1.165) is 18.9 Å². The number of morpholine rings is 1. The maximum Gasteiger partial charge on any atom is 0.547 e. The lowest BCUT2D eigenvalue weighted by molar-refractivity contribution is 0.0523. The Morgan fingerprint density at radius 3 is 2.81 bits per heavy atom. The van der Waals surface area contributed by atoms with Gasteiger partial charge in [-0.05, 0) is 37.1 Å². The second kappa shape index (κ2) is 9.36. The van der Waals surface area contributed by atoms with Gasteiger partial charge in [0, 0.05) is 19.3 Å². The lowest BCUT2D eigenvalue weighted by atomic mass is 9.72. The standard InChI is InChI=1S/C21H24BN3O6/c1-2-30-21(27)16-5-3-4-14-12-17(22(28)31-19(14)16)24-20(26)15-6-7-18(23-13-15)25-8-10-29-11-9-25/h3-7,13,17,28H,2,8-12H2,1H3,(H,24,26)/t17-/m0/s1. The molecule has 31 heavy (non-hydrogen) atoms. The number of pyridine rings is 1. The van der Waals surface area contributed by atoms with Crippen molar-refractivity contribution in [2.24, 2.45) is 0 Å². The largest absolute Gasteiger partial charge is 0.547 e. The number of anilines is 1. The van der Waals surface area contributed by atoms with E-state index in [9.17, 15) is 14.6 Å². The molecule has 2 aliphatic heterocycles. The van der Waals surface area contributed by atoms with Crippen LogP contribution in [0.3, 0.4) is 0 Å². The fourth-order valence-electron chi connectivity index (χ4n) is 3.67. The molecule has 2 aliphatic rings. The number of rotatable bonds is 5. The van der Waals surface area contributed by atoms with Crippen molar-refractivity contribution in [3.8, 4) is 5.75 Å². The van der Waals surface area contributed by atoms with E-state index in [-0.39, 0.29) is 23.8 Å². The van der Waals surface area contributed by atoms with Crippen LogP contribution in [-0.4, -0.2) is 67.9 Å². The number of aromatic nitrogens is 1. The molecule has 0 bridgehead atoms. The summed E-state index contributed by atoms with van der Waals surface area (Å²) in [6, 6.07) is 8.61. The first-order valence-electron chi connectivity index (χ1n) is 10.3. The number of amides is 1. The molecule has 1 aromatic heterocycles. The fraction of sp³-hybridized carbons (Fsp3) is 0.381. The molecule has 0 aliphatic carbocycles. The van der Waals surface area contributed by atoms with Crippen LogP contribution in [0.5, 0.6) is 5.75 Å². The summed E-state index contributed by atoms with van der Waals surface area (Å²) in [6.07, 6.45) is 1.83. The normalized spacial score (nSPS) is 18.1. The molecule has 0 saturated carbocycles. The maximum atomic E-state index is 12.7. The van der Waals surface area contributed by atoms with E-state index in [2.05, 4.69) is 15.2 Å². The molecule has 2 N–H and O–H groups in total. The molecule has 4 rings (SSSR count). The van der Waals surface area contributed by atoms with Gasteiger partial charge in [-0.15, -0.1) is 0 Å². The summed E-state index contributed by atoms with van der Waals surface area (Å²) >= 11 is 0. The molecule has 0 radical (unpaired) electrons. The van der Waals surface area contributed by atoms with Crippen molar-refractivity contribution in [1.29, 1.82) is 0 Å². The number of para-hydroxylation sites is 1. The number of fused-ring (bicyclic) bond motifs is 1. The number of esters is 1. The van der Waals surface area contributed by atoms with Crippen LogP contribution < -0.4 is 14.9 Å². The van der Waals surface area contributed by atoms with Gasteiger partial charge < -0.3 is 29.4 Å². The van der Waals surface area contributed by atoms with Crippen molar-refractivity contribution in [3.05, 3.63) is 53.2 Å². The number of hydrogen-bond donors (Lipinski definition) is 2. The molecular formula is C21H24BN3O6. The summed E-state index contributed by atoms with van der Waals surface area (Å²) in [4.78, 5) is 31.3. The summed E-state index contributed by atoms with van der Waals surface area (Å²) in [6.45, 7) is 4.79. The Morgan fingerprint density at radius 2 is 2.10 bits per heavy atom. The fourth-order valence-corrected chi connectivity index (χ4v) is 3.67. The van der Waals surface area contributed by atoms with Crippen LogP contribution in [0.2, 0.25) is 0 Å². The first-order valence-corrected chi connectivity index (χ1v) is 10.3. The van der Waals surface area contributed by atoms with Crippen molar-refractivity contribution < 1.29 is 28.7 Å². The zero-order valence-electron chi connectivity index (χ0n) is 17.2. The molecular weight excluding hydrogens is 401 g/mol. The van der Waals surface area contributed by atoms with Crippen molar-refractivity contribution in [2.75, 3.05) is 37.8 Å². The topological polar surface area (TPSA) is 110 Å². The van der Waals surface area contributed by atoms with Crippen LogP contribution in [0.25, 0.3) is 0 Å². The first-order chi connectivity index (χ1) is 15.1. The van der Waals surface area contributed by atoms with Crippen molar-refractivity contribution in [1.82, 2.24) is 10.3 Å². The average molecular weight is 425 g/mol. The number of ether oxygens (including phenoxy) is 2. The minimum atomic E-state index is -1.30. The molecule has 1 fully saturated rings. The third kappa shape index (κ3) is 4.65. The highest BCUT2D eigenvalue weighted by Gasteiger charge is 2.38. The van der Waals surface area contributed by atoms with Gasteiger partial charge in [-0.25, -0.2) is 9.78 Å². The van der Waals surface area contributed by atoms with Gasteiger partial charge in [-0.3, -0.25) is 4.79 Å². The molecule has 1 aromatic carbocycles. The maximum absolute atomic E-state index is 12.7. The number of benzene rings is 1. The molecule has 10 heteroatoms. The van der Waals surface area contributed by atoms with Gasteiger partial charge in [0.25, 0.3) is 5.91 Å². The number of hydrogen-bond acceptors (Lipinski definition) is 8. The summed E-state index contributed by atoms with van der Waals surface area (Å²) in [5.74, 6) is -0.465. The summed E-state index contributed by atoms with van der Waals surface area (Å²) < 4.78 is 16.0. The van der Waals surface area contributed by atoms with Crippen molar-refractivity contribution >= 4 is 24.8 Å². The minimum Gasteiger partial charge on any atom is -0.534 e. The predicted molar refractivity (Wildman–Crippen MR) is 113 cm³/mol. The van der Waals surface area contributed by atoms with Gasteiger partial charge >= 0.3 is 13.1 Å². The summed E-state index contributed by atoms with van der Waals surface area (Å²) in [5, 5.41) is 13.2. The van der Waals surface area contributed by atoms with Crippen molar-refractivity contribution in [2.45, 2.75) is 19.3 Å². The summed E-state index contributed by atoms with van der Waals surface area (Å²) in [5.41, 5.74) is 1.35. The van der Waals surface area contributed by atoms with Gasteiger partial charge in [0.1, 0.15) is 17.1 Å². The number of nitrogens with one attached hydrogen (secondary N) is 1. The highest BCUT2D eigenvalue weighted by molar-refractivity contribution is 6.47. The molecule has 9 nitrogen and oxygen atoms in total. The van der Waals surface area contributed by atoms with E-state index in [1.54, 1.807) is 37.3 Å². The number of carbonyl (C=O) groups is 2. The quantitative estimate of drug-likeness (QED) is 0.536. The van der Waals surface area contributed by atoms with Gasteiger partial charge in [0.15, 0.2) is 0 Å². The van der Waals surface area contributed by atoms with E-state index in [0.29, 0.717) is 30.8 Å². The van der Waals surface area contributed by atoms with Crippen LogP contribution >= 0.6 is 0 Å². The SMILES string of the molecule is CCOC(=O)c1cccc2c1OB(O)[C@@H](NC(=O)c1ccc(N3CCOCC3)nc1)C2. The average Bonchev–Trinajstić information content (AvgIpc) is 2.80. The third-order valence-electron chi connectivity index (χ3n) is 5.28. The van der Waals surface area contributed by atoms with Crippen LogP contribution in [0.4, 0.5) is 5.82 Å². The summed E-state index contributed by atoms with van der Waals surface area (Å²) in [7, 11) is -1.30. The Morgan fingerprint density at radius 1 is 1.29 bits per heavy atom.